The highest BCUT2D eigenvalue weighted by Gasteiger charge is 2.38. The van der Waals surface area contributed by atoms with E-state index in [4.69, 9.17) is 0 Å². The molecule has 0 aliphatic carbocycles. The second kappa shape index (κ2) is 1.44. The van der Waals surface area contributed by atoms with Crippen LogP contribution in [-0.4, -0.2) is 18.3 Å². The van der Waals surface area contributed by atoms with Crippen LogP contribution in [0, 0.1) is 0 Å². The van der Waals surface area contributed by atoms with E-state index < -0.39 is 6.17 Å². The van der Waals surface area contributed by atoms with Gasteiger partial charge < -0.3 is 5.32 Å². The Hall–Kier alpha value is -0.110. The predicted molar refractivity (Wildman–Crippen MR) is 29.5 cm³/mol. The van der Waals surface area contributed by atoms with E-state index in [0.717, 1.165) is 12.8 Å². The fourth-order valence-corrected chi connectivity index (χ4v) is 1.76. The monoisotopic (exact) mass is 115 g/mol. The molecule has 8 heavy (non-hydrogen) atoms. The van der Waals surface area contributed by atoms with Gasteiger partial charge in [0.2, 0.25) is 0 Å². The van der Waals surface area contributed by atoms with E-state index in [-0.39, 0.29) is 6.04 Å². The van der Waals surface area contributed by atoms with Crippen molar-refractivity contribution in [1.29, 1.82) is 0 Å². The van der Waals surface area contributed by atoms with Crippen LogP contribution < -0.4 is 5.32 Å². The molecule has 0 aromatic carbocycles. The van der Waals surface area contributed by atoms with E-state index in [1.165, 1.54) is 6.42 Å². The lowest BCUT2D eigenvalue weighted by atomic mass is 9.99. The van der Waals surface area contributed by atoms with Crippen LogP contribution in [0.25, 0.3) is 0 Å². The molecule has 2 aliphatic heterocycles. The second-order valence-electron chi connectivity index (χ2n) is 2.80. The summed E-state index contributed by atoms with van der Waals surface area (Å²) in [5, 5.41) is 3.20. The topological polar surface area (TPSA) is 12.0 Å². The third-order valence-electron chi connectivity index (χ3n) is 2.22. The lowest BCUT2D eigenvalue weighted by Gasteiger charge is -2.09. The number of fused-ring (bicyclic) bond motifs is 2. The van der Waals surface area contributed by atoms with Crippen LogP contribution in [0.15, 0.2) is 0 Å². The van der Waals surface area contributed by atoms with Gasteiger partial charge in [0.25, 0.3) is 0 Å². The van der Waals surface area contributed by atoms with Crippen LogP contribution in [0.4, 0.5) is 4.39 Å². The molecule has 0 spiro atoms. The molecule has 3 unspecified atom stereocenters. The summed E-state index contributed by atoms with van der Waals surface area (Å²) in [6.07, 6.45) is 2.50. The Balaban J connectivity index is 2.11. The van der Waals surface area contributed by atoms with E-state index in [1.54, 1.807) is 0 Å². The zero-order valence-corrected chi connectivity index (χ0v) is 4.73. The fraction of sp³-hybridized carbons (Fsp3) is 1.00. The summed E-state index contributed by atoms with van der Waals surface area (Å²) in [6.45, 7) is 0. The quantitative estimate of drug-likeness (QED) is 0.493. The number of halogens is 1. The number of rotatable bonds is 0. The molecule has 3 atom stereocenters. The Morgan fingerprint density at radius 3 is 2.50 bits per heavy atom. The summed E-state index contributed by atoms with van der Waals surface area (Å²) in [4.78, 5) is 0. The van der Waals surface area contributed by atoms with Crippen LogP contribution in [0.2, 0.25) is 0 Å². The van der Waals surface area contributed by atoms with Crippen LogP contribution in [-0.2, 0) is 0 Å². The number of alkyl halides is 1. The van der Waals surface area contributed by atoms with Gasteiger partial charge in [-0.3, -0.25) is 0 Å². The van der Waals surface area contributed by atoms with Crippen molar-refractivity contribution in [3.8, 4) is 0 Å². The number of hydrogen-bond acceptors (Lipinski definition) is 1. The lowest BCUT2D eigenvalue weighted by molar-refractivity contribution is 0.277. The molecule has 2 heterocycles. The molecule has 2 heteroatoms. The highest BCUT2D eigenvalue weighted by atomic mass is 19.1. The number of hydrogen-bond donors (Lipinski definition) is 1. The third kappa shape index (κ3) is 0.494. The molecular weight excluding hydrogens is 105 g/mol. The van der Waals surface area contributed by atoms with Gasteiger partial charge in [0.05, 0.1) is 0 Å². The molecule has 46 valence electrons. The van der Waals surface area contributed by atoms with Crippen molar-refractivity contribution in [2.45, 2.75) is 37.5 Å². The summed E-state index contributed by atoms with van der Waals surface area (Å²) in [7, 11) is 0. The average molecular weight is 115 g/mol. The van der Waals surface area contributed by atoms with Crippen LogP contribution in [0.1, 0.15) is 19.3 Å². The molecule has 0 aromatic rings. The minimum absolute atomic E-state index is 0.222. The minimum atomic E-state index is -0.534. The molecule has 2 aliphatic rings. The smallest absolute Gasteiger partial charge is 0.117 e. The van der Waals surface area contributed by atoms with Crippen LogP contribution in [0.5, 0.6) is 0 Å². The molecule has 1 nitrogen and oxygen atoms in total. The largest absolute Gasteiger partial charge is 0.308 e. The average Bonchev–Trinajstić information content (AvgIpc) is 2.23. The summed E-state index contributed by atoms with van der Waals surface area (Å²) in [6, 6.07) is 0.745. The maximum atomic E-state index is 12.6. The summed E-state index contributed by atoms with van der Waals surface area (Å²) >= 11 is 0. The summed E-state index contributed by atoms with van der Waals surface area (Å²) in [5.41, 5.74) is 0. The number of nitrogens with one attached hydrogen (secondary N) is 1. The highest BCUT2D eigenvalue weighted by molar-refractivity contribution is 4.97. The SMILES string of the molecule is FC1CC2CCC1N2. The van der Waals surface area contributed by atoms with Gasteiger partial charge in [-0.2, -0.15) is 0 Å². The molecular formula is C6H10FN. The van der Waals surface area contributed by atoms with Gasteiger partial charge in [-0.05, 0) is 19.3 Å². The maximum Gasteiger partial charge on any atom is 0.117 e. The minimum Gasteiger partial charge on any atom is -0.308 e. The van der Waals surface area contributed by atoms with Crippen molar-refractivity contribution < 1.29 is 4.39 Å². The van der Waals surface area contributed by atoms with Crippen molar-refractivity contribution in [3.05, 3.63) is 0 Å². The van der Waals surface area contributed by atoms with Crippen molar-refractivity contribution in [1.82, 2.24) is 5.32 Å². The van der Waals surface area contributed by atoms with Gasteiger partial charge >= 0.3 is 0 Å². The van der Waals surface area contributed by atoms with Crippen molar-refractivity contribution in [2.24, 2.45) is 0 Å². The van der Waals surface area contributed by atoms with Gasteiger partial charge in [-0.1, -0.05) is 0 Å². The predicted octanol–water partition coefficient (Wildman–Crippen LogP) is 0.849. The van der Waals surface area contributed by atoms with E-state index in [9.17, 15) is 4.39 Å². The third-order valence-corrected chi connectivity index (χ3v) is 2.22. The standard InChI is InChI=1S/C6H10FN/c7-5-3-4-1-2-6(5)8-4/h4-6,8H,1-3H2. The fourth-order valence-electron chi connectivity index (χ4n) is 1.76. The molecule has 0 amide bonds. The Morgan fingerprint density at radius 1 is 1.38 bits per heavy atom. The summed E-state index contributed by atoms with van der Waals surface area (Å²) in [5.74, 6) is 0. The Morgan fingerprint density at radius 2 is 2.25 bits per heavy atom. The van der Waals surface area contributed by atoms with Crippen molar-refractivity contribution >= 4 is 0 Å². The molecule has 0 saturated carbocycles. The van der Waals surface area contributed by atoms with E-state index in [2.05, 4.69) is 5.32 Å². The van der Waals surface area contributed by atoms with E-state index in [0.29, 0.717) is 6.04 Å². The first kappa shape index (κ1) is 4.74. The summed E-state index contributed by atoms with van der Waals surface area (Å²) < 4.78 is 12.6. The van der Waals surface area contributed by atoms with Gasteiger partial charge in [0, 0.05) is 12.1 Å². The van der Waals surface area contributed by atoms with Gasteiger partial charge in [-0.25, -0.2) is 4.39 Å². The molecule has 2 rings (SSSR count). The second-order valence-corrected chi connectivity index (χ2v) is 2.80. The van der Waals surface area contributed by atoms with Crippen molar-refractivity contribution in [2.75, 3.05) is 0 Å². The molecule has 1 N–H and O–H groups in total. The van der Waals surface area contributed by atoms with Gasteiger partial charge in [0.1, 0.15) is 6.17 Å². The maximum absolute atomic E-state index is 12.6. The first-order valence-electron chi connectivity index (χ1n) is 3.26. The lowest BCUT2D eigenvalue weighted by Crippen LogP contribution is -2.23. The molecule has 2 saturated heterocycles. The van der Waals surface area contributed by atoms with Crippen LogP contribution >= 0.6 is 0 Å². The van der Waals surface area contributed by atoms with E-state index in [1.807, 2.05) is 0 Å². The van der Waals surface area contributed by atoms with Crippen molar-refractivity contribution in [3.63, 3.8) is 0 Å². The van der Waals surface area contributed by atoms with Crippen LogP contribution in [0.3, 0.4) is 0 Å². The van der Waals surface area contributed by atoms with Gasteiger partial charge in [0.15, 0.2) is 0 Å². The molecule has 2 bridgehead atoms. The highest BCUT2D eigenvalue weighted by Crippen LogP contribution is 2.29. The molecule has 2 fully saturated rings. The molecule has 0 aromatic heterocycles. The first-order chi connectivity index (χ1) is 3.86. The van der Waals surface area contributed by atoms with Gasteiger partial charge in [-0.15, -0.1) is 0 Å². The normalized spacial score (nSPS) is 52.9. The first-order valence-corrected chi connectivity index (χ1v) is 3.26. The zero-order chi connectivity index (χ0) is 5.56. The van der Waals surface area contributed by atoms with E-state index >= 15 is 0 Å². The zero-order valence-electron chi connectivity index (χ0n) is 4.73. The Kier molecular flexibility index (Phi) is 0.852. The Bertz CT molecular complexity index is 103. The Labute approximate surface area is 48.3 Å². The molecule has 0 radical (unpaired) electrons.